The fraction of sp³-hybridized carbons (Fsp3) is 0.190. The number of unbranched alkanes of at least 4 members (excludes halogenated alkanes) is 1. The number of anilines is 1. The minimum Gasteiger partial charge on any atom is -0.398 e. The van der Waals surface area contributed by atoms with Crippen LogP contribution in [0.1, 0.15) is 19.8 Å². The van der Waals surface area contributed by atoms with Gasteiger partial charge in [0.2, 0.25) is 0 Å². The molecule has 4 rings (SSSR count). The number of pyridine rings is 1. The number of nitrogen functional groups attached to an aromatic ring is 1. The Morgan fingerprint density at radius 1 is 1.15 bits per heavy atom. The lowest BCUT2D eigenvalue weighted by Crippen LogP contribution is -2.22. The molecular weight excluding hydrogens is 499 g/mol. The number of hydrogen-bond donors (Lipinski definition) is 1. The van der Waals surface area contributed by atoms with Crippen molar-refractivity contribution in [3.8, 4) is 21.7 Å². The molecule has 6 heteroatoms. The van der Waals surface area contributed by atoms with Crippen molar-refractivity contribution in [1.82, 2.24) is 4.98 Å². The maximum atomic E-state index is 6.71. The van der Waals surface area contributed by atoms with Crippen LogP contribution >= 0.6 is 44.5 Å². The lowest BCUT2D eigenvalue weighted by molar-refractivity contribution is 0.881. The van der Waals surface area contributed by atoms with Crippen LogP contribution in [0.15, 0.2) is 53.9 Å². The summed E-state index contributed by atoms with van der Waals surface area (Å²) in [4.78, 5) is 7.28. The summed E-state index contributed by atoms with van der Waals surface area (Å²) in [6, 6.07) is 18.3. The highest BCUT2D eigenvalue weighted by molar-refractivity contribution is 14.1. The zero-order valence-electron chi connectivity index (χ0n) is 15.0. The van der Waals surface area contributed by atoms with Crippen LogP contribution in [0.5, 0.6) is 0 Å². The Balaban J connectivity index is 1.93. The summed E-state index contributed by atoms with van der Waals surface area (Å²) in [7, 11) is 0. The average molecular weight is 520 g/mol. The van der Waals surface area contributed by atoms with Crippen molar-refractivity contribution in [2.75, 3.05) is 5.73 Å². The maximum absolute atomic E-state index is 6.71. The third kappa shape index (κ3) is 3.85. The molecule has 3 aromatic heterocycles. The standard InChI is InChI=1S/C21H20IN2S2Si/c1-2-3-12-27(22)21-19(23)18-15(14-8-5-4-6-9-14)13-16(24-20(18)26-21)17-10-7-11-25-17/h4-11,13H,2-3,12,23H2,1H3. The molecule has 0 aliphatic rings. The monoisotopic (exact) mass is 519 g/mol. The molecule has 0 atom stereocenters. The van der Waals surface area contributed by atoms with Gasteiger partial charge in [-0.05, 0) is 34.7 Å². The van der Waals surface area contributed by atoms with Crippen molar-refractivity contribution in [2.45, 2.75) is 25.8 Å². The Labute approximate surface area is 182 Å². The van der Waals surface area contributed by atoms with Gasteiger partial charge in [-0.25, -0.2) is 4.98 Å². The highest BCUT2D eigenvalue weighted by atomic mass is 127. The zero-order chi connectivity index (χ0) is 18.8. The molecule has 2 nitrogen and oxygen atoms in total. The van der Waals surface area contributed by atoms with Gasteiger partial charge in [0, 0.05) is 9.89 Å². The van der Waals surface area contributed by atoms with Gasteiger partial charge < -0.3 is 5.73 Å². The lowest BCUT2D eigenvalue weighted by Gasteiger charge is -2.08. The Kier molecular flexibility index (Phi) is 5.96. The third-order valence-corrected chi connectivity index (χ3v) is 13.3. The molecule has 2 N–H and O–H groups in total. The molecule has 1 radical (unpaired) electrons. The summed E-state index contributed by atoms with van der Waals surface area (Å²) in [6.07, 6.45) is 1.84. The van der Waals surface area contributed by atoms with Crippen LogP contribution in [-0.4, -0.2) is 11.3 Å². The van der Waals surface area contributed by atoms with Gasteiger partial charge in [0.15, 0.2) is 6.29 Å². The van der Waals surface area contributed by atoms with E-state index in [1.807, 2.05) is 11.3 Å². The smallest absolute Gasteiger partial charge is 0.179 e. The van der Waals surface area contributed by atoms with Crippen LogP contribution in [0.3, 0.4) is 0 Å². The first kappa shape index (κ1) is 19.1. The summed E-state index contributed by atoms with van der Waals surface area (Å²) in [5, 5.41) is 3.24. The van der Waals surface area contributed by atoms with Crippen molar-refractivity contribution in [2.24, 2.45) is 0 Å². The summed E-state index contributed by atoms with van der Waals surface area (Å²) in [5.74, 6) is 0. The van der Waals surface area contributed by atoms with E-state index in [-0.39, 0.29) is 0 Å². The van der Waals surface area contributed by atoms with Gasteiger partial charge in [-0.15, -0.1) is 44.5 Å². The minimum atomic E-state index is -0.659. The normalized spacial score (nSPS) is 11.5. The van der Waals surface area contributed by atoms with Gasteiger partial charge in [0.05, 0.1) is 16.3 Å². The number of halogens is 1. The highest BCUT2D eigenvalue weighted by Crippen LogP contribution is 2.39. The van der Waals surface area contributed by atoms with Crippen LogP contribution in [0.2, 0.25) is 6.04 Å². The third-order valence-electron chi connectivity index (χ3n) is 4.55. The van der Waals surface area contributed by atoms with E-state index in [1.54, 1.807) is 11.3 Å². The predicted octanol–water partition coefficient (Wildman–Crippen LogP) is 6.71. The zero-order valence-corrected chi connectivity index (χ0v) is 19.8. The molecule has 0 unspecified atom stereocenters. The lowest BCUT2D eigenvalue weighted by atomic mass is 10.0. The number of benzene rings is 1. The van der Waals surface area contributed by atoms with Gasteiger partial charge in [-0.3, -0.25) is 0 Å². The molecule has 0 saturated carbocycles. The van der Waals surface area contributed by atoms with E-state index >= 15 is 0 Å². The molecule has 137 valence electrons. The predicted molar refractivity (Wildman–Crippen MR) is 132 cm³/mol. The van der Waals surface area contributed by atoms with Gasteiger partial charge in [-0.2, -0.15) is 0 Å². The molecule has 0 bridgehead atoms. The van der Waals surface area contributed by atoms with Crippen LogP contribution < -0.4 is 10.2 Å². The summed E-state index contributed by atoms with van der Waals surface area (Å²) < 4.78 is 1.37. The molecule has 0 fully saturated rings. The Bertz CT molecular complexity index is 1050. The SMILES string of the molecule is CCCC[Si](I)c1sc2nc(-c3cccs3)cc(-c3ccccc3)c2c1N. The van der Waals surface area contributed by atoms with Gasteiger partial charge >= 0.3 is 0 Å². The quantitative estimate of drug-likeness (QED) is 0.175. The summed E-state index contributed by atoms with van der Waals surface area (Å²) >= 11 is 6.19. The molecule has 1 aromatic carbocycles. The molecule has 0 amide bonds. The first-order valence-corrected chi connectivity index (χ1v) is 15.5. The highest BCUT2D eigenvalue weighted by Gasteiger charge is 2.22. The number of thiophene rings is 2. The first-order valence-electron chi connectivity index (χ1n) is 9.03. The summed E-state index contributed by atoms with van der Waals surface area (Å²) in [6.45, 7) is 2.25. The number of nitrogens with zero attached hydrogens (tertiary/aromatic N) is 1. The van der Waals surface area contributed by atoms with Crippen molar-refractivity contribution in [3.05, 3.63) is 53.9 Å². The second kappa shape index (κ2) is 8.42. The fourth-order valence-corrected chi connectivity index (χ4v) is 10.1. The Morgan fingerprint density at radius 2 is 1.96 bits per heavy atom. The Hall–Kier alpha value is -1.22. The van der Waals surface area contributed by atoms with Crippen molar-refractivity contribution in [3.63, 3.8) is 0 Å². The van der Waals surface area contributed by atoms with E-state index in [2.05, 4.69) is 82.6 Å². The van der Waals surface area contributed by atoms with Crippen LogP contribution in [0.25, 0.3) is 31.9 Å². The molecule has 0 aliphatic heterocycles. The molecule has 0 aliphatic carbocycles. The van der Waals surface area contributed by atoms with Crippen LogP contribution in [0, 0.1) is 0 Å². The maximum Gasteiger partial charge on any atom is 0.179 e. The number of rotatable bonds is 6. The average Bonchev–Trinajstić information content (AvgIpc) is 3.35. The second-order valence-corrected chi connectivity index (χ2v) is 14.5. The number of hydrogen-bond acceptors (Lipinski definition) is 4. The van der Waals surface area contributed by atoms with E-state index in [1.165, 1.54) is 39.4 Å². The van der Waals surface area contributed by atoms with Crippen molar-refractivity contribution in [1.29, 1.82) is 0 Å². The van der Waals surface area contributed by atoms with E-state index in [0.29, 0.717) is 0 Å². The van der Waals surface area contributed by atoms with Gasteiger partial charge in [0.25, 0.3) is 0 Å². The van der Waals surface area contributed by atoms with E-state index in [0.717, 1.165) is 21.6 Å². The first-order chi connectivity index (χ1) is 13.2. The van der Waals surface area contributed by atoms with Crippen molar-refractivity contribution >= 4 is 71.2 Å². The number of fused-ring (bicyclic) bond motifs is 1. The number of nitrogens with two attached hydrogens (primary N) is 1. The molecule has 0 spiro atoms. The van der Waals surface area contributed by atoms with E-state index in [9.17, 15) is 0 Å². The molecule has 3 heterocycles. The Morgan fingerprint density at radius 3 is 2.67 bits per heavy atom. The van der Waals surface area contributed by atoms with Crippen LogP contribution in [0.4, 0.5) is 5.69 Å². The molecule has 0 saturated heterocycles. The topological polar surface area (TPSA) is 38.9 Å². The second-order valence-electron chi connectivity index (χ2n) is 6.43. The number of aromatic nitrogens is 1. The van der Waals surface area contributed by atoms with Crippen molar-refractivity contribution < 1.29 is 0 Å². The summed E-state index contributed by atoms with van der Waals surface area (Å²) in [5.41, 5.74) is 11.1. The van der Waals surface area contributed by atoms with E-state index < -0.39 is 6.29 Å². The van der Waals surface area contributed by atoms with Gasteiger partial charge in [-0.1, -0.05) is 56.2 Å². The largest absolute Gasteiger partial charge is 0.398 e. The fourth-order valence-electron chi connectivity index (χ4n) is 3.16. The minimum absolute atomic E-state index is 0.659. The molecular formula is C21H20IN2S2Si. The molecule has 27 heavy (non-hydrogen) atoms. The van der Waals surface area contributed by atoms with Gasteiger partial charge in [0.1, 0.15) is 4.83 Å². The van der Waals surface area contributed by atoms with Crippen LogP contribution in [-0.2, 0) is 0 Å². The van der Waals surface area contributed by atoms with E-state index in [4.69, 9.17) is 10.7 Å². The molecule has 4 aromatic rings.